The number of benzene rings is 10. The SMILES string of the molecule is CCC1(CC)c2cc(/C=C/c3ccc4ccc5cccc6ccc3c4c56)ccc2-c2ccc(/C=C/c3ccc4ccc5cccc6ccc3c4c56)cc21. The molecule has 10 aromatic carbocycles. The van der Waals surface area contributed by atoms with Gasteiger partial charge >= 0.3 is 0 Å². The molecule has 0 unspecified atom stereocenters. The molecule has 0 fully saturated rings. The van der Waals surface area contributed by atoms with E-state index in [1.807, 2.05) is 0 Å². The Morgan fingerprint density at radius 2 is 0.755 bits per heavy atom. The molecule has 0 amide bonds. The van der Waals surface area contributed by atoms with Gasteiger partial charge in [0.05, 0.1) is 0 Å². The van der Waals surface area contributed by atoms with Gasteiger partial charge in [-0.05, 0) is 122 Å². The van der Waals surface area contributed by atoms with Gasteiger partial charge in [0.2, 0.25) is 0 Å². The summed E-state index contributed by atoms with van der Waals surface area (Å²) >= 11 is 0. The normalized spacial score (nSPS) is 14.0. The van der Waals surface area contributed by atoms with Crippen molar-refractivity contribution in [2.45, 2.75) is 32.1 Å². The first-order chi connectivity index (χ1) is 26.1. The predicted molar refractivity (Wildman–Crippen MR) is 231 cm³/mol. The van der Waals surface area contributed by atoms with E-state index in [1.54, 1.807) is 0 Å². The van der Waals surface area contributed by atoms with Crippen LogP contribution in [-0.4, -0.2) is 0 Å². The predicted octanol–water partition coefficient (Wildman–Crippen LogP) is 14.9. The monoisotopic (exact) mass is 674 g/mol. The molecule has 1 aliphatic rings. The molecule has 53 heavy (non-hydrogen) atoms. The van der Waals surface area contributed by atoms with Crippen molar-refractivity contribution >= 4 is 88.9 Å². The van der Waals surface area contributed by atoms with Crippen molar-refractivity contribution in [1.82, 2.24) is 0 Å². The van der Waals surface area contributed by atoms with E-state index in [-0.39, 0.29) is 5.41 Å². The third kappa shape index (κ3) is 4.36. The highest BCUT2D eigenvalue weighted by Crippen LogP contribution is 2.53. The van der Waals surface area contributed by atoms with Crippen LogP contribution in [0.25, 0.3) is 100 Å². The molecule has 1 aliphatic carbocycles. The highest BCUT2D eigenvalue weighted by Gasteiger charge is 2.40. The highest BCUT2D eigenvalue weighted by molar-refractivity contribution is 6.25. The summed E-state index contributed by atoms with van der Waals surface area (Å²) in [5.74, 6) is 0. The molecular weight excluding hydrogens is 637 g/mol. The molecule has 0 N–H and O–H groups in total. The van der Waals surface area contributed by atoms with Crippen LogP contribution in [0, 0.1) is 0 Å². The van der Waals surface area contributed by atoms with Gasteiger partial charge in [-0.15, -0.1) is 0 Å². The molecule has 0 atom stereocenters. The summed E-state index contributed by atoms with van der Waals surface area (Å²) in [4.78, 5) is 0. The van der Waals surface area contributed by atoms with E-state index in [0.29, 0.717) is 0 Å². The highest BCUT2D eigenvalue weighted by atomic mass is 14.4. The van der Waals surface area contributed by atoms with Gasteiger partial charge in [-0.3, -0.25) is 0 Å². The van der Waals surface area contributed by atoms with Crippen LogP contribution >= 0.6 is 0 Å². The first kappa shape index (κ1) is 30.4. The second kappa shape index (κ2) is 11.4. The maximum absolute atomic E-state index is 2.47. The Bertz CT molecular complexity index is 2890. The average molecular weight is 675 g/mol. The Morgan fingerprint density at radius 1 is 0.377 bits per heavy atom. The van der Waals surface area contributed by atoms with Gasteiger partial charge in [-0.1, -0.05) is 184 Å². The average Bonchev–Trinajstić information content (AvgIpc) is 3.49. The van der Waals surface area contributed by atoms with E-state index in [0.717, 1.165) is 12.8 Å². The van der Waals surface area contributed by atoms with Crippen molar-refractivity contribution in [2.24, 2.45) is 0 Å². The topological polar surface area (TPSA) is 0 Å². The Morgan fingerprint density at radius 3 is 1.17 bits per heavy atom. The summed E-state index contributed by atoms with van der Waals surface area (Å²) in [5, 5.41) is 15.9. The zero-order valence-electron chi connectivity index (χ0n) is 30.1. The third-order valence-corrected chi connectivity index (χ3v) is 12.7. The van der Waals surface area contributed by atoms with E-state index >= 15 is 0 Å². The molecule has 0 aromatic heterocycles. The van der Waals surface area contributed by atoms with Gasteiger partial charge in [-0.25, -0.2) is 0 Å². The summed E-state index contributed by atoms with van der Waals surface area (Å²) in [5.41, 5.74) is 10.7. The fraction of sp³-hybridized carbons (Fsp3) is 0.0943. The fourth-order valence-corrected chi connectivity index (χ4v) is 9.93. The minimum atomic E-state index is -0.0155. The van der Waals surface area contributed by atoms with Crippen LogP contribution in [0.4, 0.5) is 0 Å². The van der Waals surface area contributed by atoms with Crippen molar-refractivity contribution < 1.29 is 0 Å². The second-order valence-electron chi connectivity index (χ2n) is 15.1. The smallest absolute Gasteiger partial charge is 0.0210 e. The largest absolute Gasteiger partial charge is 0.0642 e. The quantitative estimate of drug-likeness (QED) is 0.122. The van der Waals surface area contributed by atoms with Crippen LogP contribution in [0.2, 0.25) is 0 Å². The van der Waals surface area contributed by atoms with Crippen LogP contribution in [0.15, 0.2) is 146 Å². The minimum absolute atomic E-state index is 0.0155. The van der Waals surface area contributed by atoms with Crippen LogP contribution in [0.5, 0.6) is 0 Å². The van der Waals surface area contributed by atoms with Crippen molar-refractivity contribution in [3.8, 4) is 11.1 Å². The molecule has 0 nitrogen and oxygen atoms in total. The van der Waals surface area contributed by atoms with Gasteiger partial charge in [0.1, 0.15) is 0 Å². The summed E-state index contributed by atoms with van der Waals surface area (Å²) in [6.45, 7) is 4.73. The van der Waals surface area contributed by atoms with Gasteiger partial charge in [0.15, 0.2) is 0 Å². The molecular formula is C53H38. The van der Waals surface area contributed by atoms with Crippen molar-refractivity contribution in [2.75, 3.05) is 0 Å². The fourth-order valence-electron chi connectivity index (χ4n) is 9.93. The minimum Gasteiger partial charge on any atom is -0.0642 e. The molecule has 0 aliphatic heterocycles. The second-order valence-corrected chi connectivity index (χ2v) is 15.1. The lowest BCUT2D eigenvalue weighted by Crippen LogP contribution is -2.23. The molecule has 0 saturated carbocycles. The molecule has 10 aromatic rings. The maximum atomic E-state index is 2.47. The molecule has 250 valence electrons. The summed E-state index contributed by atoms with van der Waals surface area (Å²) in [6.07, 6.45) is 11.4. The maximum Gasteiger partial charge on any atom is 0.0210 e. The summed E-state index contributed by atoms with van der Waals surface area (Å²) in [7, 11) is 0. The lowest BCUT2D eigenvalue weighted by molar-refractivity contribution is 0.490. The van der Waals surface area contributed by atoms with E-state index in [9.17, 15) is 0 Å². The van der Waals surface area contributed by atoms with Crippen molar-refractivity contribution in [1.29, 1.82) is 0 Å². The number of hydrogen-bond acceptors (Lipinski definition) is 0. The lowest BCUT2D eigenvalue weighted by atomic mass is 9.73. The number of rotatable bonds is 6. The standard InChI is InChI=1S/C53H38/c1-3-53(4-2)47-31-33(11-15-35-17-19-41-23-21-37-7-5-9-39-25-29-43(35)51(41)49(37)39)13-27-45(47)46-28-14-34(32-48(46)53)12-16-36-18-20-42-24-22-38-8-6-10-40-26-30-44(36)52(42)50(38)40/h5-32H,3-4H2,1-2H3/b15-11+,16-12+. The van der Waals surface area contributed by atoms with Crippen LogP contribution in [0.3, 0.4) is 0 Å². The first-order valence-corrected chi connectivity index (χ1v) is 19.1. The van der Waals surface area contributed by atoms with E-state index in [2.05, 4.69) is 184 Å². The van der Waals surface area contributed by atoms with Crippen LogP contribution in [-0.2, 0) is 5.41 Å². The number of hydrogen-bond donors (Lipinski definition) is 0. The van der Waals surface area contributed by atoms with Gasteiger partial charge in [0, 0.05) is 5.41 Å². The summed E-state index contributed by atoms with van der Waals surface area (Å²) < 4.78 is 0. The molecule has 0 radical (unpaired) electrons. The van der Waals surface area contributed by atoms with Crippen LogP contribution < -0.4 is 0 Å². The number of fused-ring (bicyclic) bond motifs is 3. The van der Waals surface area contributed by atoms with E-state index in [4.69, 9.17) is 0 Å². The Kier molecular flexibility index (Phi) is 6.53. The van der Waals surface area contributed by atoms with Gasteiger partial charge < -0.3 is 0 Å². The van der Waals surface area contributed by atoms with Crippen molar-refractivity contribution in [3.63, 3.8) is 0 Å². The third-order valence-electron chi connectivity index (χ3n) is 12.7. The molecule has 0 saturated heterocycles. The Balaban J connectivity index is 0.957. The Labute approximate surface area is 310 Å². The molecule has 0 heteroatoms. The zero-order valence-corrected chi connectivity index (χ0v) is 30.1. The van der Waals surface area contributed by atoms with Crippen LogP contribution in [0.1, 0.15) is 60.1 Å². The van der Waals surface area contributed by atoms with Crippen molar-refractivity contribution in [3.05, 3.63) is 179 Å². The van der Waals surface area contributed by atoms with Gasteiger partial charge in [-0.2, -0.15) is 0 Å². The summed E-state index contributed by atoms with van der Waals surface area (Å²) in [6, 6.07) is 54.8. The zero-order chi connectivity index (χ0) is 35.3. The molecule has 0 spiro atoms. The molecule has 0 bridgehead atoms. The van der Waals surface area contributed by atoms with E-state index < -0.39 is 0 Å². The van der Waals surface area contributed by atoms with Gasteiger partial charge in [0.25, 0.3) is 0 Å². The lowest BCUT2D eigenvalue weighted by Gasteiger charge is -2.30. The molecule has 11 rings (SSSR count). The molecule has 0 heterocycles. The first-order valence-electron chi connectivity index (χ1n) is 19.1. The Hall–Kier alpha value is -6.24. The van der Waals surface area contributed by atoms with E-state index in [1.165, 1.54) is 109 Å².